The molecule has 0 unspecified atom stereocenters. The van der Waals surface area contributed by atoms with Crippen LogP contribution < -0.4 is 10.2 Å². The van der Waals surface area contributed by atoms with Crippen molar-refractivity contribution in [2.75, 3.05) is 44.2 Å². The summed E-state index contributed by atoms with van der Waals surface area (Å²) in [4.78, 5) is 25.6. The Labute approximate surface area is 282 Å². The highest BCUT2D eigenvalue weighted by atomic mass is 16.7. The SMILES string of the molecule is C=CCOC(=O)NCc1ccccc1-c1ccc([C@H]2O[C@@H](CN3CCN(c4ncccn4)CC3)[C@@H](C)[C@@H](c3ccc(CO)cc3)O2)cc1. The second-order valence-electron chi connectivity index (χ2n) is 12.2. The quantitative estimate of drug-likeness (QED) is 0.199. The predicted octanol–water partition coefficient (Wildman–Crippen LogP) is 5.66. The van der Waals surface area contributed by atoms with Gasteiger partial charge < -0.3 is 29.5 Å². The fourth-order valence-electron chi connectivity index (χ4n) is 6.30. The number of nitrogens with one attached hydrogen (secondary N) is 1. The third-order valence-corrected chi connectivity index (χ3v) is 9.04. The lowest BCUT2D eigenvalue weighted by atomic mass is 9.89. The number of piperazine rings is 1. The Morgan fingerprint density at radius 2 is 1.67 bits per heavy atom. The first kappa shape index (κ1) is 33.3. The molecule has 3 aromatic carbocycles. The first-order valence-corrected chi connectivity index (χ1v) is 16.5. The average Bonchev–Trinajstić information content (AvgIpc) is 3.15. The lowest BCUT2D eigenvalue weighted by molar-refractivity contribution is -0.276. The number of hydrogen-bond acceptors (Lipinski definition) is 9. The fourth-order valence-corrected chi connectivity index (χ4v) is 6.30. The van der Waals surface area contributed by atoms with Gasteiger partial charge >= 0.3 is 6.09 Å². The van der Waals surface area contributed by atoms with Gasteiger partial charge in [0.1, 0.15) is 6.61 Å². The number of carbonyl (C=O) groups excluding carboxylic acids is 1. The van der Waals surface area contributed by atoms with Crippen LogP contribution in [0, 0.1) is 5.92 Å². The van der Waals surface area contributed by atoms with E-state index in [1.165, 1.54) is 6.08 Å². The lowest BCUT2D eigenvalue weighted by Gasteiger charge is -2.44. The van der Waals surface area contributed by atoms with Crippen LogP contribution >= 0.6 is 0 Å². The highest BCUT2D eigenvalue weighted by Crippen LogP contribution is 2.42. The largest absolute Gasteiger partial charge is 0.445 e. The number of benzene rings is 3. The summed E-state index contributed by atoms with van der Waals surface area (Å²) >= 11 is 0. The molecule has 1 amide bonds. The molecule has 2 fully saturated rings. The highest BCUT2D eigenvalue weighted by molar-refractivity contribution is 5.70. The zero-order valence-electron chi connectivity index (χ0n) is 27.3. The van der Waals surface area contributed by atoms with Crippen molar-refractivity contribution in [1.82, 2.24) is 20.2 Å². The average molecular weight is 650 g/mol. The van der Waals surface area contributed by atoms with Crippen molar-refractivity contribution < 1.29 is 24.1 Å². The van der Waals surface area contributed by atoms with Crippen molar-refractivity contribution in [1.29, 1.82) is 0 Å². The van der Waals surface area contributed by atoms with Crippen LogP contribution in [0.25, 0.3) is 11.1 Å². The summed E-state index contributed by atoms with van der Waals surface area (Å²) in [5.74, 6) is 0.862. The first-order valence-electron chi connectivity index (χ1n) is 16.5. The summed E-state index contributed by atoms with van der Waals surface area (Å²) in [6.45, 7) is 10.5. The molecule has 0 saturated carbocycles. The number of carbonyl (C=O) groups is 1. The van der Waals surface area contributed by atoms with Crippen molar-refractivity contribution in [2.45, 2.75) is 38.6 Å². The van der Waals surface area contributed by atoms with Crippen LogP contribution in [0.1, 0.15) is 41.6 Å². The molecule has 0 aliphatic carbocycles. The molecule has 1 aromatic heterocycles. The lowest BCUT2D eigenvalue weighted by Crippen LogP contribution is -2.51. The minimum atomic E-state index is -0.557. The fraction of sp³-hybridized carbons (Fsp3) is 0.342. The van der Waals surface area contributed by atoms with E-state index in [-0.39, 0.29) is 31.3 Å². The van der Waals surface area contributed by atoms with E-state index < -0.39 is 12.4 Å². The van der Waals surface area contributed by atoms with Gasteiger partial charge in [0.05, 0.1) is 18.8 Å². The standard InChI is InChI=1S/C38H43N5O5/c1-3-23-46-38(45)41-24-32-7-4-5-8-33(32)29-13-15-31(16-14-29)36-47-34(27(2)35(48-36)30-11-9-28(26-44)10-12-30)25-42-19-21-43(22-20-42)37-39-17-6-18-40-37/h3-18,27,34-36,44H,1,19-26H2,2H3,(H,41,45)/t27-,34+,35+,36+/m1/s1. The summed E-state index contributed by atoms with van der Waals surface area (Å²) < 4.78 is 18.5. The van der Waals surface area contributed by atoms with E-state index in [1.54, 1.807) is 12.4 Å². The molecule has 4 aromatic rings. The third-order valence-electron chi connectivity index (χ3n) is 9.04. The van der Waals surface area contributed by atoms with E-state index in [0.717, 1.165) is 72.1 Å². The summed E-state index contributed by atoms with van der Waals surface area (Å²) in [6, 6.07) is 26.1. The van der Waals surface area contributed by atoms with E-state index in [2.05, 4.69) is 62.9 Å². The second-order valence-corrected chi connectivity index (χ2v) is 12.2. The number of alkyl carbamates (subject to hydrolysis) is 1. The molecule has 10 nitrogen and oxygen atoms in total. The maximum Gasteiger partial charge on any atom is 0.407 e. The number of rotatable bonds is 11. The monoisotopic (exact) mass is 649 g/mol. The Morgan fingerprint density at radius 1 is 0.958 bits per heavy atom. The van der Waals surface area contributed by atoms with E-state index in [0.29, 0.717) is 6.54 Å². The Kier molecular flexibility index (Phi) is 11.1. The van der Waals surface area contributed by atoms with Crippen LogP contribution in [0.4, 0.5) is 10.7 Å². The normalized spacial score (nSPS) is 21.4. The van der Waals surface area contributed by atoms with E-state index in [4.69, 9.17) is 14.2 Å². The molecule has 10 heteroatoms. The molecule has 0 bridgehead atoms. The molecule has 4 atom stereocenters. The smallest absolute Gasteiger partial charge is 0.407 e. The van der Waals surface area contributed by atoms with Crippen LogP contribution in [0.2, 0.25) is 0 Å². The molecule has 2 N–H and O–H groups in total. The molecular weight excluding hydrogens is 606 g/mol. The summed E-state index contributed by atoms with van der Waals surface area (Å²) in [6.07, 6.45) is 3.81. The number of aromatic nitrogens is 2. The zero-order valence-corrected chi connectivity index (χ0v) is 27.3. The van der Waals surface area contributed by atoms with Gasteiger partial charge in [-0.25, -0.2) is 14.8 Å². The van der Waals surface area contributed by atoms with Gasteiger partial charge in [0.25, 0.3) is 0 Å². The molecule has 2 aliphatic heterocycles. The van der Waals surface area contributed by atoms with Gasteiger partial charge in [0.2, 0.25) is 5.95 Å². The molecule has 0 spiro atoms. The van der Waals surface area contributed by atoms with Gasteiger partial charge in [-0.1, -0.05) is 92.4 Å². The van der Waals surface area contributed by atoms with Gasteiger partial charge in [-0.2, -0.15) is 0 Å². The number of aliphatic hydroxyl groups is 1. The van der Waals surface area contributed by atoms with Crippen molar-refractivity contribution in [3.05, 3.63) is 126 Å². The Morgan fingerprint density at radius 3 is 2.38 bits per heavy atom. The molecule has 2 saturated heterocycles. The van der Waals surface area contributed by atoms with Gasteiger partial charge in [0.15, 0.2) is 6.29 Å². The minimum absolute atomic E-state index is 0.000649. The summed E-state index contributed by atoms with van der Waals surface area (Å²) in [7, 11) is 0. The van der Waals surface area contributed by atoms with Gasteiger partial charge in [-0.15, -0.1) is 0 Å². The predicted molar refractivity (Wildman–Crippen MR) is 184 cm³/mol. The number of amides is 1. The van der Waals surface area contributed by atoms with Crippen LogP contribution in [0.3, 0.4) is 0 Å². The number of ether oxygens (including phenoxy) is 3. The van der Waals surface area contributed by atoms with E-state index in [1.807, 2.05) is 54.6 Å². The maximum absolute atomic E-state index is 12.0. The number of hydrogen-bond donors (Lipinski definition) is 2. The van der Waals surface area contributed by atoms with E-state index >= 15 is 0 Å². The second kappa shape index (κ2) is 16.0. The van der Waals surface area contributed by atoms with Gasteiger partial charge in [0, 0.05) is 63.1 Å². The summed E-state index contributed by atoms with van der Waals surface area (Å²) in [5, 5.41) is 12.4. The van der Waals surface area contributed by atoms with Gasteiger partial charge in [-0.3, -0.25) is 4.90 Å². The molecule has 6 rings (SSSR count). The molecular formula is C38H43N5O5. The molecule has 48 heavy (non-hydrogen) atoms. The highest BCUT2D eigenvalue weighted by Gasteiger charge is 2.39. The number of aliphatic hydroxyl groups excluding tert-OH is 1. The molecule has 250 valence electrons. The van der Waals surface area contributed by atoms with Crippen molar-refractivity contribution in [3.63, 3.8) is 0 Å². The number of anilines is 1. The topological polar surface area (TPSA) is 109 Å². The van der Waals surface area contributed by atoms with Crippen LogP contribution in [-0.4, -0.2) is 71.5 Å². The molecule has 2 aliphatic rings. The van der Waals surface area contributed by atoms with Crippen molar-refractivity contribution in [2.24, 2.45) is 5.92 Å². The minimum Gasteiger partial charge on any atom is -0.445 e. The third kappa shape index (κ3) is 8.08. The summed E-state index contributed by atoms with van der Waals surface area (Å²) in [5.41, 5.74) is 5.88. The van der Waals surface area contributed by atoms with E-state index in [9.17, 15) is 9.90 Å². The Hall–Kier alpha value is -4.61. The maximum atomic E-state index is 12.0. The van der Waals surface area contributed by atoms with Gasteiger partial charge in [-0.05, 0) is 33.9 Å². The Bertz CT molecular complexity index is 1630. The zero-order chi connectivity index (χ0) is 33.3. The van der Waals surface area contributed by atoms with Crippen LogP contribution in [0.5, 0.6) is 0 Å². The van der Waals surface area contributed by atoms with Crippen molar-refractivity contribution >= 4 is 12.0 Å². The van der Waals surface area contributed by atoms with Crippen LogP contribution in [-0.2, 0) is 27.4 Å². The van der Waals surface area contributed by atoms with Crippen LogP contribution in [0.15, 0.2) is 104 Å². The Balaban J connectivity index is 1.18. The first-order chi connectivity index (χ1) is 23.5. The van der Waals surface area contributed by atoms with Crippen molar-refractivity contribution in [3.8, 4) is 11.1 Å². The molecule has 0 radical (unpaired) electrons. The number of nitrogens with zero attached hydrogens (tertiary/aromatic N) is 4. The molecule has 3 heterocycles.